The van der Waals surface area contributed by atoms with Gasteiger partial charge < -0.3 is 5.32 Å². The zero-order valence-electron chi connectivity index (χ0n) is 8.76. The largest absolute Gasteiger partial charge is 0.358 e. The number of aryl methyl sites for hydroxylation is 1. The van der Waals surface area contributed by atoms with Crippen molar-refractivity contribution in [2.75, 3.05) is 0 Å². The second-order valence-corrected chi connectivity index (χ2v) is 5.34. The lowest BCUT2D eigenvalue weighted by atomic mass is 10.0. The molecule has 0 aromatic heterocycles. The van der Waals surface area contributed by atoms with E-state index in [9.17, 15) is 0 Å². The fourth-order valence-corrected chi connectivity index (χ4v) is 2.00. The Labute approximate surface area is 104 Å². The van der Waals surface area contributed by atoms with Gasteiger partial charge in [0.05, 0.1) is 3.92 Å². The van der Waals surface area contributed by atoms with Gasteiger partial charge in [0.25, 0.3) is 0 Å². The predicted octanol–water partition coefficient (Wildman–Crippen LogP) is 3.65. The van der Waals surface area contributed by atoms with Crippen LogP contribution in [-0.2, 0) is 0 Å². The topological polar surface area (TPSA) is 12.0 Å². The van der Waals surface area contributed by atoms with Gasteiger partial charge in [-0.05, 0) is 18.9 Å². The highest BCUT2D eigenvalue weighted by Crippen LogP contribution is 2.25. The van der Waals surface area contributed by atoms with E-state index in [-0.39, 0.29) is 0 Å². The fraction of sp³-hybridized carbons (Fsp3) is 0.231. The zero-order valence-corrected chi connectivity index (χ0v) is 10.9. The maximum atomic E-state index is 4.03. The third kappa shape index (κ3) is 2.43. The Morgan fingerprint density at radius 3 is 2.60 bits per heavy atom. The summed E-state index contributed by atoms with van der Waals surface area (Å²) in [4.78, 5) is 0. The van der Waals surface area contributed by atoms with Gasteiger partial charge in [-0.3, -0.25) is 0 Å². The van der Waals surface area contributed by atoms with Crippen molar-refractivity contribution in [1.82, 2.24) is 5.32 Å². The van der Waals surface area contributed by atoms with Gasteiger partial charge in [-0.25, -0.2) is 0 Å². The molecular formula is C13H14IN. The summed E-state index contributed by atoms with van der Waals surface area (Å²) in [6.45, 7) is 6.13. The number of nitrogens with one attached hydrogen (secondary N) is 1. The molecule has 1 unspecified atom stereocenters. The van der Waals surface area contributed by atoms with Crippen LogP contribution in [0, 0.1) is 6.92 Å². The molecule has 0 saturated heterocycles. The van der Waals surface area contributed by atoms with Gasteiger partial charge in [-0.15, -0.1) is 0 Å². The number of allylic oxidation sites excluding steroid dienone is 2. The summed E-state index contributed by atoms with van der Waals surface area (Å²) in [5, 5.41) is 3.36. The Balaban J connectivity index is 2.25. The van der Waals surface area contributed by atoms with Gasteiger partial charge in [0.2, 0.25) is 0 Å². The third-order valence-electron chi connectivity index (χ3n) is 2.56. The van der Waals surface area contributed by atoms with Crippen molar-refractivity contribution >= 4 is 28.3 Å². The molecule has 1 nitrogen and oxygen atoms in total. The van der Waals surface area contributed by atoms with Crippen LogP contribution < -0.4 is 5.32 Å². The van der Waals surface area contributed by atoms with E-state index in [4.69, 9.17) is 0 Å². The molecule has 1 atom stereocenters. The quantitative estimate of drug-likeness (QED) is 0.617. The molecule has 1 aliphatic rings. The van der Waals surface area contributed by atoms with Crippen molar-refractivity contribution in [3.05, 3.63) is 53.7 Å². The molecule has 0 amide bonds. The molecule has 0 aliphatic carbocycles. The van der Waals surface area contributed by atoms with Crippen molar-refractivity contribution in [1.29, 1.82) is 0 Å². The normalized spacial score (nSPS) is 20.8. The maximum Gasteiger partial charge on any atom is 0.0539 e. The monoisotopic (exact) mass is 311 g/mol. The molecule has 2 heteroatoms. The Hall–Kier alpha value is -0.770. The molecule has 1 N–H and O–H groups in total. The van der Waals surface area contributed by atoms with Crippen molar-refractivity contribution in [2.24, 2.45) is 0 Å². The first-order valence-electron chi connectivity index (χ1n) is 5.04. The lowest BCUT2D eigenvalue weighted by Gasteiger charge is -2.22. The molecule has 0 fully saturated rings. The minimum atomic E-state index is 0.511. The van der Waals surface area contributed by atoms with Crippen LogP contribution in [0.3, 0.4) is 0 Å². The molecule has 0 radical (unpaired) electrons. The molecule has 1 heterocycles. The van der Waals surface area contributed by atoms with E-state index in [1.54, 1.807) is 0 Å². The second kappa shape index (κ2) is 4.39. The Kier molecular flexibility index (Phi) is 3.14. The molecule has 2 rings (SSSR count). The van der Waals surface area contributed by atoms with Gasteiger partial charge in [-0.2, -0.15) is 0 Å². The van der Waals surface area contributed by atoms with Crippen LogP contribution in [0.5, 0.6) is 0 Å². The summed E-state index contributed by atoms with van der Waals surface area (Å²) in [6.07, 6.45) is 3.31. The average molecular weight is 311 g/mol. The highest BCUT2D eigenvalue weighted by molar-refractivity contribution is 14.1. The van der Waals surface area contributed by atoms with E-state index in [2.05, 4.69) is 71.8 Å². The van der Waals surface area contributed by atoms with Gasteiger partial charge in [0.15, 0.2) is 0 Å². The van der Waals surface area contributed by atoms with Crippen LogP contribution in [0.2, 0.25) is 0 Å². The number of benzene rings is 1. The summed E-state index contributed by atoms with van der Waals surface area (Å²) in [6, 6.07) is 8.57. The average Bonchev–Trinajstić information content (AvgIpc) is 2.23. The van der Waals surface area contributed by atoms with Crippen molar-refractivity contribution < 1.29 is 0 Å². The third-order valence-corrected chi connectivity index (χ3v) is 3.83. The highest BCUT2D eigenvalue weighted by Gasteiger charge is 2.15. The van der Waals surface area contributed by atoms with Crippen LogP contribution in [0.25, 0.3) is 5.70 Å². The first-order chi connectivity index (χ1) is 7.16. The second-order valence-electron chi connectivity index (χ2n) is 3.84. The molecule has 0 bridgehead atoms. The number of hydrogen-bond acceptors (Lipinski definition) is 1. The summed E-state index contributed by atoms with van der Waals surface area (Å²) < 4.78 is 0.511. The Bertz CT molecular complexity index is 403. The minimum absolute atomic E-state index is 0.511. The molecule has 1 aliphatic heterocycles. The van der Waals surface area contributed by atoms with Crippen LogP contribution >= 0.6 is 22.6 Å². The minimum Gasteiger partial charge on any atom is -0.358 e. The predicted molar refractivity (Wildman–Crippen MR) is 73.9 cm³/mol. The van der Waals surface area contributed by atoms with Gasteiger partial charge in [0.1, 0.15) is 0 Å². The Morgan fingerprint density at radius 1 is 1.33 bits per heavy atom. The van der Waals surface area contributed by atoms with Crippen LogP contribution in [0.1, 0.15) is 17.5 Å². The summed E-state index contributed by atoms with van der Waals surface area (Å²) in [5.74, 6) is 0. The fourth-order valence-electron chi connectivity index (χ4n) is 1.59. The van der Waals surface area contributed by atoms with E-state index in [1.807, 2.05) is 0 Å². The first kappa shape index (κ1) is 10.7. The molecule has 15 heavy (non-hydrogen) atoms. The maximum absolute atomic E-state index is 4.03. The smallest absolute Gasteiger partial charge is 0.0539 e. The molecule has 0 spiro atoms. The number of alkyl halides is 1. The number of halogens is 1. The van der Waals surface area contributed by atoms with Gasteiger partial charge in [0, 0.05) is 11.4 Å². The van der Waals surface area contributed by atoms with E-state index in [0.29, 0.717) is 3.92 Å². The van der Waals surface area contributed by atoms with Crippen molar-refractivity contribution in [3.8, 4) is 0 Å². The molecule has 1 aromatic rings. The van der Waals surface area contributed by atoms with Crippen LogP contribution in [-0.4, -0.2) is 3.92 Å². The van der Waals surface area contributed by atoms with Crippen molar-refractivity contribution in [3.63, 3.8) is 0 Å². The molecule has 78 valence electrons. The first-order valence-corrected chi connectivity index (χ1v) is 6.28. The number of rotatable bonds is 1. The van der Waals surface area contributed by atoms with Gasteiger partial charge in [-0.1, -0.05) is 65.1 Å². The molecule has 1 aromatic carbocycles. The standard InChI is InChI=1S/C13H14IN/c1-9-3-5-11(6-4-9)13-8-7-12(14)10(2)15-13/h3-6,8,12,15H,2,7H2,1H3. The number of hydrogen-bond donors (Lipinski definition) is 1. The SMILES string of the molecule is C=C1NC(c2ccc(C)cc2)=CCC1I. The zero-order chi connectivity index (χ0) is 10.8. The molecular weight excluding hydrogens is 297 g/mol. The van der Waals surface area contributed by atoms with Crippen LogP contribution in [0.15, 0.2) is 42.6 Å². The summed E-state index contributed by atoms with van der Waals surface area (Å²) >= 11 is 2.41. The lowest BCUT2D eigenvalue weighted by molar-refractivity contribution is 0.899. The van der Waals surface area contributed by atoms with E-state index in [0.717, 1.165) is 12.1 Å². The van der Waals surface area contributed by atoms with E-state index in [1.165, 1.54) is 16.8 Å². The lowest BCUT2D eigenvalue weighted by Crippen LogP contribution is -2.22. The van der Waals surface area contributed by atoms with Crippen molar-refractivity contribution in [2.45, 2.75) is 17.3 Å². The van der Waals surface area contributed by atoms with Gasteiger partial charge >= 0.3 is 0 Å². The summed E-state index contributed by atoms with van der Waals surface area (Å²) in [5.41, 5.74) is 4.83. The van der Waals surface area contributed by atoms with Crippen LogP contribution in [0.4, 0.5) is 0 Å². The highest BCUT2D eigenvalue weighted by atomic mass is 127. The van der Waals surface area contributed by atoms with E-state index < -0.39 is 0 Å². The summed E-state index contributed by atoms with van der Waals surface area (Å²) in [7, 11) is 0. The Morgan fingerprint density at radius 2 is 2.00 bits per heavy atom. The van der Waals surface area contributed by atoms with E-state index >= 15 is 0 Å². The molecule has 0 saturated carbocycles.